The minimum Gasteiger partial charge on any atom is -0.369 e. The van der Waals surface area contributed by atoms with E-state index in [4.69, 9.17) is 5.73 Å². The molecule has 1 amide bonds. The highest BCUT2D eigenvalue weighted by molar-refractivity contribution is 5.97. The number of nitrogens with two attached hydrogens (primary N) is 1. The number of carbonyl (C=O) groups is 1. The molecule has 1 aromatic heterocycles. The summed E-state index contributed by atoms with van der Waals surface area (Å²) in [7, 11) is 0. The Bertz CT molecular complexity index is 999. The van der Waals surface area contributed by atoms with Gasteiger partial charge in [0.15, 0.2) is 5.96 Å². The van der Waals surface area contributed by atoms with Gasteiger partial charge in [-0.15, -0.1) is 0 Å². The number of carbonyl (C=O) groups excluding carboxylic acids is 1. The van der Waals surface area contributed by atoms with Crippen molar-refractivity contribution in [1.29, 1.82) is 0 Å². The Kier molecular flexibility index (Phi) is 4.57. The fraction of sp³-hybridized carbons (Fsp3) is 0.0556. The highest BCUT2D eigenvalue weighted by atomic mass is 19.4. The number of aromatic nitrogens is 1. The molecule has 1 heterocycles. The fourth-order valence-electron chi connectivity index (χ4n) is 2.47. The lowest BCUT2D eigenvalue weighted by Gasteiger charge is -2.10. The number of nitrogens with zero attached hydrogens (tertiary/aromatic N) is 2. The molecular formula is C18H13F3N4O. The third kappa shape index (κ3) is 3.64. The van der Waals surface area contributed by atoms with Crippen molar-refractivity contribution in [3.05, 3.63) is 60.2 Å². The molecule has 26 heavy (non-hydrogen) atoms. The monoisotopic (exact) mass is 358 g/mol. The SMILES string of the molecule is NC(=Nc1cc(-c2cccc(C(F)(F)F)c2)nc2ccccc12)NC=O. The number of rotatable bonds is 3. The van der Waals surface area contributed by atoms with E-state index in [1.54, 1.807) is 24.3 Å². The van der Waals surface area contributed by atoms with Gasteiger partial charge >= 0.3 is 6.18 Å². The molecule has 0 spiro atoms. The molecule has 0 bridgehead atoms. The maximum atomic E-state index is 13.0. The zero-order chi connectivity index (χ0) is 18.7. The summed E-state index contributed by atoms with van der Waals surface area (Å²) in [5, 5.41) is 2.88. The molecule has 0 saturated carbocycles. The molecule has 5 nitrogen and oxygen atoms in total. The lowest BCUT2D eigenvalue weighted by Crippen LogP contribution is -2.29. The van der Waals surface area contributed by atoms with Crippen LogP contribution in [0.1, 0.15) is 5.56 Å². The van der Waals surface area contributed by atoms with Crippen molar-refractivity contribution >= 4 is 29.0 Å². The highest BCUT2D eigenvalue weighted by Crippen LogP contribution is 2.34. The van der Waals surface area contributed by atoms with Gasteiger partial charge in [-0.05, 0) is 24.3 Å². The van der Waals surface area contributed by atoms with E-state index in [0.29, 0.717) is 34.3 Å². The topological polar surface area (TPSA) is 80.4 Å². The van der Waals surface area contributed by atoms with Gasteiger partial charge in [-0.2, -0.15) is 13.2 Å². The van der Waals surface area contributed by atoms with E-state index >= 15 is 0 Å². The Morgan fingerprint density at radius 2 is 1.88 bits per heavy atom. The fourth-order valence-corrected chi connectivity index (χ4v) is 2.47. The standard InChI is InChI=1S/C18H13F3N4O/c19-18(20,21)12-5-3-4-11(8-12)15-9-16(25-17(22)23-10-26)13-6-1-2-7-14(13)24-15/h1-10H,(H3,22,23,24,25,26). The normalized spacial score (nSPS) is 12.2. The molecule has 3 rings (SSSR count). The highest BCUT2D eigenvalue weighted by Gasteiger charge is 2.30. The number of para-hydroxylation sites is 1. The first-order chi connectivity index (χ1) is 12.4. The second-order valence-corrected chi connectivity index (χ2v) is 5.38. The van der Waals surface area contributed by atoms with Crippen LogP contribution in [0, 0.1) is 0 Å². The number of nitrogens with one attached hydrogen (secondary N) is 1. The van der Waals surface area contributed by atoms with Crippen LogP contribution in [0.3, 0.4) is 0 Å². The number of amides is 1. The van der Waals surface area contributed by atoms with E-state index in [1.165, 1.54) is 18.2 Å². The van der Waals surface area contributed by atoms with Crippen molar-refractivity contribution in [2.75, 3.05) is 0 Å². The Hall–Kier alpha value is -3.42. The van der Waals surface area contributed by atoms with Gasteiger partial charge < -0.3 is 5.73 Å². The van der Waals surface area contributed by atoms with Gasteiger partial charge in [-0.3, -0.25) is 10.1 Å². The first-order valence-corrected chi connectivity index (χ1v) is 7.50. The van der Waals surface area contributed by atoms with Gasteiger partial charge in [0.25, 0.3) is 0 Å². The zero-order valence-corrected chi connectivity index (χ0v) is 13.3. The van der Waals surface area contributed by atoms with Crippen LogP contribution in [0.25, 0.3) is 22.2 Å². The van der Waals surface area contributed by atoms with Crippen molar-refractivity contribution in [2.45, 2.75) is 6.18 Å². The number of guanidine groups is 1. The van der Waals surface area contributed by atoms with Crippen LogP contribution in [0.4, 0.5) is 18.9 Å². The first kappa shape index (κ1) is 17.4. The molecule has 0 radical (unpaired) electrons. The van der Waals surface area contributed by atoms with Crippen LogP contribution >= 0.6 is 0 Å². The summed E-state index contributed by atoms with van der Waals surface area (Å²) in [6.07, 6.45) is -4.07. The van der Waals surface area contributed by atoms with E-state index in [1.807, 2.05) is 0 Å². The van der Waals surface area contributed by atoms with Gasteiger partial charge in [0, 0.05) is 10.9 Å². The predicted molar refractivity (Wildman–Crippen MR) is 92.7 cm³/mol. The van der Waals surface area contributed by atoms with E-state index in [9.17, 15) is 18.0 Å². The summed E-state index contributed by atoms with van der Waals surface area (Å²) in [6, 6.07) is 13.4. The Balaban J connectivity index is 2.19. The average molecular weight is 358 g/mol. The number of aliphatic imine (C=N–C) groups is 1. The van der Waals surface area contributed by atoms with Crippen molar-refractivity contribution in [3.8, 4) is 11.3 Å². The second-order valence-electron chi connectivity index (χ2n) is 5.38. The predicted octanol–water partition coefficient (Wildman–Crippen LogP) is 3.61. The molecule has 0 aliphatic rings. The first-order valence-electron chi connectivity index (χ1n) is 7.50. The number of halogens is 3. The molecule has 0 aliphatic carbocycles. The molecule has 0 unspecified atom stereocenters. The van der Waals surface area contributed by atoms with Crippen LogP contribution in [-0.2, 0) is 11.0 Å². The number of fused-ring (bicyclic) bond motifs is 1. The van der Waals surface area contributed by atoms with E-state index in [-0.39, 0.29) is 5.96 Å². The smallest absolute Gasteiger partial charge is 0.369 e. The maximum absolute atomic E-state index is 13.0. The van der Waals surface area contributed by atoms with Crippen LogP contribution < -0.4 is 11.1 Å². The van der Waals surface area contributed by atoms with Crippen molar-refractivity contribution in [2.24, 2.45) is 10.7 Å². The van der Waals surface area contributed by atoms with E-state index in [2.05, 4.69) is 15.3 Å². The molecule has 3 aromatic rings. The largest absolute Gasteiger partial charge is 0.416 e. The molecule has 0 saturated heterocycles. The molecule has 132 valence electrons. The summed E-state index contributed by atoms with van der Waals surface area (Å²) in [6.45, 7) is 0. The molecule has 2 aromatic carbocycles. The minimum absolute atomic E-state index is 0.133. The minimum atomic E-state index is -4.45. The molecule has 0 atom stereocenters. The lowest BCUT2D eigenvalue weighted by molar-refractivity contribution is -0.137. The molecule has 0 fully saturated rings. The Morgan fingerprint density at radius 1 is 1.12 bits per heavy atom. The molecular weight excluding hydrogens is 345 g/mol. The third-order valence-electron chi connectivity index (χ3n) is 3.63. The maximum Gasteiger partial charge on any atom is 0.416 e. The van der Waals surface area contributed by atoms with Gasteiger partial charge in [0.1, 0.15) is 0 Å². The number of hydrogen-bond acceptors (Lipinski definition) is 3. The van der Waals surface area contributed by atoms with Crippen LogP contribution in [-0.4, -0.2) is 17.4 Å². The number of hydrogen-bond donors (Lipinski definition) is 2. The van der Waals surface area contributed by atoms with Crippen molar-refractivity contribution in [3.63, 3.8) is 0 Å². The van der Waals surface area contributed by atoms with E-state index in [0.717, 1.165) is 12.1 Å². The summed E-state index contributed by atoms with van der Waals surface area (Å²) in [5.41, 5.74) is 6.38. The van der Waals surface area contributed by atoms with Gasteiger partial charge in [0.2, 0.25) is 6.41 Å². The zero-order valence-electron chi connectivity index (χ0n) is 13.3. The summed E-state index contributed by atoms with van der Waals surface area (Å²) in [5.74, 6) is -0.133. The number of alkyl halides is 3. The Morgan fingerprint density at radius 3 is 2.62 bits per heavy atom. The van der Waals surface area contributed by atoms with Gasteiger partial charge in [0.05, 0.1) is 22.5 Å². The van der Waals surface area contributed by atoms with Crippen molar-refractivity contribution in [1.82, 2.24) is 10.3 Å². The third-order valence-corrected chi connectivity index (χ3v) is 3.63. The average Bonchev–Trinajstić information content (AvgIpc) is 2.61. The number of pyridine rings is 1. The quantitative estimate of drug-likeness (QED) is 0.426. The van der Waals surface area contributed by atoms with Crippen LogP contribution in [0.15, 0.2) is 59.6 Å². The summed E-state index contributed by atoms with van der Waals surface area (Å²) in [4.78, 5) is 19.0. The second kappa shape index (κ2) is 6.83. The molecule has 0 aliphatic heterocycles. The number of benzene rings is 2. The van der Waals surface area contributed by atoms with E-state index < -0.39 is 11.7 Å². The van der Waals surface area contributed by atoms with Crippen LogP contribution in [0.5, 0.6) is 0 Å². The molecule has 3 N–H and O–H groups in total. The molecule has 8 heteroatoms. The lowest BCUT2D eigenvalue weighted by atomic mass is 10.0. The Labute approximate surface area is 146 Å². The summed E-state index contributed by atoms with van der Waals surface area (Å²) < 4.78 is 38.9. The van der Waals surface area contributed by atoms with Gasteiger partial charge in [-0.1, -0.05) is 30.3 Å². The summed E-state index contributed by atoms with van der Waals surface area (Å²) >= 11 is 0. The van der Waals surface area contributed by atoms with Crippen LogP contribution in [0.2, 0.25) is 0 Å². The van der Waals surface area contributed by atoms with Crippen molar-refractivity contribution < 1.29 is 18.0 Å². The van der Waals surface area contributed by atoms with Gasteiger partial charge in [-0.25, -0.2) is 9.98 Å².